The SMILES string of the molecule is CC(C)CCc1sc(Nc2ncc(-c3cccs3)cc2C(=O)O)nc1-c1ccc(F)c(OCCOC(C)C)c1. The molecule has 0 bridgehead atoms. The molecule has 10 heteroatoms. The minimum absolute atomic E-state index is 0.0578. The van der Waals surface area contributed by atoms with Gasteiger partial charge in [0.2, 0.25) is 0 Å². The molecule has 0 saturated carbocycles. The molecule has 4 aromatic rings. The van der Waals surface area contributed by atoms with Crippen molar-refractivity contribution in [3.05, 3.63) is 64.2 Å². The molecule has 0 saturated heterocycles. The number of halogens is 1. The maximum absolute atomic E-state index is 14.5. The molecule has 7 nitrogen and oxygen atoms in total. The molecule has 0 amide bonds. The fourth-order valence-electron chi connectivity index (χ4n) is 3.82. The highest BCUT2D eigenvalue weighted by Gasteiger charge is 2.19. The molecule has 0 unspecified atom stereocenters. The first-order valence-corrected chi connectivity index (χ1v) is 14.5. The Morgan fingerprint density at radius 2 is 1.95 bits per heavy atom. The monoisotopic (exact) mass is 569 g/mol. The van der Waals surface area contributed by atoms with E-state index in [2.05, 4.69) is 24.1 Å². The van der Waals surface area contributed by atoms with Crippen LogP contribution in [-0.4, -0.2) is 40.4 Å². The van der Waals surface area contributed by atoms with Gasteiger partial charge in [0.1, 0.15) is 18.0 Å². The average molecular weight is 570 g/mol. The first-order chi connectivity index (χ1) is 18.7. The number of carbonyl (C=O) groups is 1. The van der Waals surface area contributed by atoms with Crippen LogP contribution in [0, 0.1) is 11.7 Å². The summed E-state index contributed by atoms with van der Waals surface area (Å²) in [7, 11) is 0. The third-order valence-corrected chi connectivity index (χ3v) is 7.74. The molecular formula is C29H32FN3O4S2. The van der Waals surface area contributed by atoms with Crippen molar-refractivity contribution in [1.82, 2.24) is 9.97 Å². The number of pyridine rings is 1. The number of nitrogens with one attached hydrogen (secondary N) is 1. The van der Waals surface area contributed by atoms with Crippen molar-refractivity contribution in [1.29, 1.82) is 0 Å². The van der Waals surface area contributed by atoms with Gasteiger partial charge in [-0.3, -0.25) is 0 Å². The number of aryl methyl sites for hydroxylation is 1. The molecule has 0 fully saturated rings. The lowest BCUT2D eigenvalue weighted by Gasteiger charge is -2.11. The summed E-state index contributed by atoms with van der Waals surface area (Å²) in [6, 6.07) is 10.2. The number of carboxylic acids is 1. The van der Waals surface area contributed by atoms with Crippen LogP contribution >= 0.6 is 22.7 Å². The van der Waals surface area contributed by atoms with Gasteiger partial charge in [-0.25, -0.2) is 19.2 Å². The van der Waals surface area contributed by atoms with Crippen LogP contribution in [0.3, 0.4) is 0 Å². The Bertz CT molecular complexity index is 1400. The Kier molecular flexibility index (Phi) is 9.66. The van der Waals surface area contributed by atoms with E-state index in [0.717, 1.165) is 33.7 Å². The molecule has 0 aliphatic rings. The molecule has 39 heavy (non-hydrogen) atoms. The number of thiophene rings is 1. The van der Waals surface area contributed by atoms with E-state index >= 15 is 0 Å². The Balaban J connectivity index is 1.63. The predicted molar refractivity (Wildman–Crippen MR) is 155 cm³/mol. The van der Waals surface area contributed by atoms with Gasteiger partial charge in [-0.1, -0.05) is 19.9 Å². The topological polar surface area (TPSA) is 93.6 Å². The summed E-state index contributed by atoms with van der Waals surface area (Å²) in [5.41, 5.74) is 2.22. The number of carboxylic acid groups (broad SMARTS) is 1. The van der Waals surface area contributed by atoms with Gasteiger partial charge >= 0.3 is 5.97 Å². The molecule has 0 aliphatic heterocycles. The zero-order valence-corrected chi connectivity index (χ0v) is 24.0. The van der Waals surface area contributed by atoms with Crippen LogP contribution in [0.25, 0.3) is 21.7 Å². The second-order valence-electron chi connectivity index (χ2n) is 9.66. The normalized spacial score (nSPS) is 11.4. The van der Waals surface area contributed by atoms with Crippen LogP contribution in [-0.2, 0) is 11.2 Å². The van der Waals surface area contributed by atoms with Crippen molar-refractivity contribution >= 4 is 39.6 Å². The number of rotatable bonds is 13. The van der Waals surface area contributed by atoms with Crippen molar-refractivity contribution in [3.8, 4) is 27.4 Å². The number of nitrogens with zero attached hydrogens (tertiary/aromatic N) is 2. The van der Waals surface area contributed by atoms with Gasteiger partial charge in [-0.2, -0.15) is 0 Å². The van der Waals surface area contributed by atoms with E-state index in [-0.39, 0.29) is 29.8 Å². The van der Waals surface area contributed by atoms with Crippen LogP contribution in [0.4, 0.5) is 15.3 Å². The number of hydrogen-bond acceptors (Lipinski definition) is 8. The molecular weight excluding hydrogens is 537 g/mol. The average Bonchev–Trinajstić information content (AvgIpc) is 3.57. The summed E-state index contributed by atoms with van der Waals surface area (Å²) in [5.74, 6) is -0.707. The van der Waals surface area contributed by atoms with Crippen LogP contribution in [0.1, 0.15) is 49.4 Å². The predicted octanol–water partition coefficient (Wildman–Crippen LogP) is 7.91. The number of aromatic nitrogens is 2. The zero-order chi connectivity index (χ0) is 27.9. The summed E-state index contributed by atoms with van der Waals surface area (Å²) in [5, 5.41) is 15.4. The van der Waals surface area contributed by atoms with Gasteiger partial charge in [-0.05, 0) is 68.3 Å². The van der Waals surface area contributed by atoms with Gasteiger partial charge in [-0.15, -0.1) is 22.7 Å². The third-order valence-electron chi connectivity index (χ3n) is 5.79. The standard InChI is InChI=1S/C29H32FN3O4S2/c1-17(2)7-10-25-26(19-8-9-22(30)23(15-19)37-12-11-36-18(3)4)32-29(39-25)33-27-21(28(34)35)14-20(16-31-27)24-6-5-13-38-24/h5-6,8-9,13-18H,7,10-12H2,1-4H3,(H,34,35)(H,31,32,33). The molecule has 0 atom stereocenters. The van der Waals surface area contributed by atoms with Gasteiger partial charge in [0.15, 0.2) is 16.7 Å². The maximum atomic E-state index is 14.5. The summed E-state index contributed by atoms with van der Waals surface area (Å²) in [4.78, 5) is 23.2. The lowest BCUT2D eigenvalue weighted by molar-refractivity contribution is 0.0544. The summed E-state index contributed by atoms with van der Waals surface area (Å²) >= 11 is 2.96. The van der Waals surface area contributed by atoms with E-state index < -0.39 is 11.8 Å². The van der Waals surface area contributed by atoms with Crippen molar-refractivity contribution < 1.29 is 23.8 Å². The summed E-state index contributed by atoms with van der Waals surface area (Å²) in [6.45, 7) is 8.76. The molecule has 3 heterocycles. The van der Waals surface area contributed by atoms with Crippen LogP contribution < -0.4 is 10.1 Å². The van der Waals surface area contributed by atoms with E-state index in [1.165, 1.54) is 28.7 Å². The molecule has 0 spiro atoms. The van der Waals surface area contributed by atoms with Gasteiger partial charge in [0.05, 0.1) is 18.4 Å². The smallest absolute Gasteiger partial charge is 0.339 e. The van der Waals surface area contributed by atoms with Gasteiger partial charge in [0, 0.05) is 27.1 Å². The fraction of sp³-hybridized carbons (Fsp3) is 0.345. The highest BCUT2D eigenvalue weighted by molar-refractivity contribution is 7.16. The number of benzene rings is 1. The quantitative estimate of drug-likeness (QED) is 0.158. The number of aromatic carboxylic acids is 1. The lowest BCUT2D eigenvalue weighted by Crippen LogP contribution is -2.11. The molecule has 0 aliphatic carbocycles. The number of thiazole rings is 1. The fourth-order valence-corrected chi connectivity index (χ4v) is 5.53. The number of anilines is 2. The van der Waals surface area contributed by atoms with Crippen LogP contribution in [0.15, 0.2) is 48.0 Å². The Hall–Kier alpha value is -3.34. The van der Waals surface area contributed by atoms with Gasteiger partial charge in [0.25, 0.3) is 0 Å². The van der Waals surface area contributed by atoms with E-state index in [4.69, 9.17) is 14.5 Å². The Labute approximate surface area is 235 Å². The minimum Gasteiger partial charge on any atom is -0.488 e. The van der Waals surface area contributed by atoms with E-state index in [0.29, 0.717) is 23.4 Å². The minimum atomic E-state index is -1.08. The zero-order valence-electron chi connectivity index (χ0n) is 22.4. The number of hydrogen-bond donors (Lipinski definition) is 2. The lowest BCUT2D eigenvalue weighted by atomic mass is 10.0. The van der Waals surface area contributed by atoms with Gasteiger partial charge < -0.3 is 19.9 Å². The highest BCUT2D eigenvalue weighted by atomic mass is 32.1. The Morgan fingerprint density at radius 3 is 2.64 bits per heavy atom. The highest BCUT2D eigenvalue weighted by Crippen LogP contribution is 2.37. The number of ether oxygens (including phenoxy) is 2. The first kappa shape index (κ1) is 28.7. The van der Waals surface area contributed by atoms with E-state index in [9.17, 15) is 14.3 Å². The molecule has 1 aromatic carbocycles. The van der Waals surface area contributed by atoms with E-state index in [1.54, 1.807) is 24.4 Å². The second kappa shape index (κ2) is 13.1. The van der Waals surface area contributed by atoms with Crippen LogP contribution in [0.2, 0.25) is 0 Å². The van der Waals surface area contributed by atoms with Crippen molar-refractivity contribution in [3.63, 3.8) is 0 Å². The summed E-state index contributed by atoms with van der Waals surface area (Å²) < 4.78 is 25.7. The molecule has 3 aromatic heterocycles. The van der Waals surface area contributed by atoms with E-state index in [1.807, 2.05) is 31.4 Å². The van der Waals surface area contributed by atoms with Crippen molar-refractivity contribution in [2.75, 3.05) is 18.5 Å². The molecule has 0 radical (unpaired) electrons. The summed E-state index contributed by atoms with van der Waals surface area (Å²) in [6.07, 6.45) is 3.44. The molecule has 206 valence electrons. The van der Waals surface area contributed by atoms with Crippen molar-refractivity contribution in [2.24, 2.45) is 5.92 Å². The molecule has 4 rings (SSSR count). The first-order valence-electron chi connectivity index (χ1n) is 12.8. The largest absolute Gasteiger partial charge is 0.488 e. The third kappa shape index (κ3) is 7.62. The van der Waals surface area contributed by atoms with Crippen LogP contribution in [0.5, 0.6) is 5.75 Å². The van der Waals surface area contributed by atoms with Crippen molar-refractivity contribution in [2.45, 2.75) is 46.6 Å². The molecule has 2 N–H and O–H groups in total. The second-order valence-corrected chi connectivity index (χ2v) is 11.7. The maximum Gasteiger partial charge on any atom is 0.339 e. The Morgan fingerprint density at radius 1 is 1.13 bits per heavy atom.